The standard InChI is InChI=1S/C13H16O/c1-2-3-4-5-9-12-14-13-10-7-6-8-11-13/h3-11H,2,12H2,1H3. The Labute approximate surface area is 85.7 Å². The molecule has 0 unspecified atom stereocenters. The first-order valence-electron chi connectivity index (χ1n) is 4.93. The Morgan fingerprint density at radius 1 is 1.07 bits per heavy atom. The predicted molar refractivity (Wildman–Crippen MR) is 60.5 cm³/mol. The van der Waals surface area contributed by atoms with E-state index in [0.29, 0.717) is 6.61 Å². The molecule has 1 aromatic carbocycles. The third-order valence-electron chi connectivity index (χ3n) is 1.71. The van der Waals surface area contributed by atoms with Crippen LogP contribution in [0.4, 0.5) is 0 Å². The van der Waals surface area contributed by atoms with E-state index in [2.05, 4.69) is 13.0 Å². The Bertz CT molecular complexity index is 285. The van der Waals surface area contributed by atoms with Crippen LogP contribution in [0, 0.1) is 0 Å². The van der Waals surface area contributed by atoms with Crippen molar-refractivity contribution in [3.63, 3.8) is 0 Å². The van der Waals surface area contributed by atoms with Gasteiger partial charge in [-0.1, -0.05) is 43.4 Å². The number of benzene rings is 1. The molecule has 1 aromatic rings. The molecule has 1 rings (SSSR count). The first-order chi connectivity index (χ1) is 6.93. The van der Waals surface area contributed by atoms with Gasteiger partial charge in [0.25, 0.3) is 0 Å². The summed E-state index contributed by atoms with van der Waals surface area (Å²) in [6, 6.07) is 9.82. The smallest absolute Gasteiger partial charge is 0.119 e. The van der Waals surface area contributed by atoms with Crippen LogP contribution < -0.4 is 4.74 Å². The van der Waals surface area contributed by atoms with Crippen LogP contribution in [0.5, 0.6) is 5.75 Å². The van der Waals surface area contributed by atoms with Crippen LogP contribution in [0.25, 0.3) is 0 Å². The van der Waals surface area contributed by atoms with E-state index in [0.717, 1.165) is 12.2 Å². The molecule has 0 spiro atoms. The number of hydrogen-bond donors (Lipinski definition) is 0. The van der Waals surface area contributed by atoms with E-state index in [9.17, 15) is 0 Å². The third-order valence-corrected chi connectivity index (χ3v) is 1.71. The van der Waals surface area contributed by atoms with Crippen LogP contribution >= 0.6 is 0 Å². The summed E-state index contributed by atoms with van der Waals surface area (Å²) in [4.78, 5) is 0. The highest BCUT2D eigenvalue weighted by Crippen LogP contribution is 2.07. The lowest BCUT2D eigenvalue weighted by Gasteiger charge is -2.00. The molecule has 0 aliphatic rings. The summed E-state index contributed by atoms with van der Waals surface area (Å²) in [5.41, 5.74) is 0. The summed E-state index contributed by atoms with van der Waals surface area (Å²) in [5.74, 6) is 0.914. The number of ether oxygens (including phenoxy) is 1. The van der Waals surface area contributed by atoms with Gasteiger partial charge >= 0.3 is 0 Å². The van der Waals surface area contributed by atoms with E-state index in [1.54, 1.807) is 0 Å². The normalized spacial score (nSPS) is 11.2. The quantitative estimate of drug-likeness (QED) is 0.642. The van der Waals surface area contributed by atoms with Crippen LogP contribution in [0.2, 0.25) is 0 Å². The van der Waals surface area contributed by atoms with Crippen molar-refractivity contribution in [1.82, 2.24) is 0 Å². The molecular weight excluding hydrogens is 172 g/mol. The highest BCUT2D eigenvalue weighted by Gasteiger charge is 1.85. The summed E-state index contributed by atoms with van der Waals surface area (Å²) in [6.07, 6.45) is 9.23. The molecule has 0 heterocycles. The Morgan fingerprint density at radius 2 is 1.79 bits per heavy atom. The van der Waals surface area contributed by atoms with Gasteiger partial charge in [-0.2, -0.15) is 0 Å². The van der Waals surface area contributed by atoms with Crippen molar-refractivity contribution in [2.45, 2.75) is 13.3 Å². The summed E-state index contributed by atoms with van der Waals surface area (Å²) in [6.45, 7) is 2.74. The van der Waals surface area contributed by atoms with E-state index in [-0.39, 0.29) is 0 Å². The molecule has 0 bridgehead atoms. The molecule has 0 aliphatic carbocycles. The van der Waals surface area contributed by atoms with E-state index in [1.807, 2.05) is 48.6 Å². The number of para-hydroxylation sites is 1. The van der Waals surface area contributed by atoms with Gasteiger partial charge in [-0.3, -0.25) is 0 Å². The molecule has 1 heteroatoms. The minimum absolute atomic E-state index is 0.623. The van der Waals surface area contributed by atoms with Crippen molar-refractivity contribution in [3.8, 4) is 5.75 Å². The fourth-order valence-corrected chi connectivity index (χ4v) is 1.01. The van der Waals surface area contributed by atoms with Gasteiger partial charge in [-0.05, 0) is 24.6 Å². The van der Waals surface area contributed by atoms with Crippen molar-refractivity contribution in [3.05, 3.63) is 54.6 Å². The first kappa shape index (κ1) is 10.6. The second-order valence-corrected chi connectivity index (χ2v) is 2.89. The van der Waals surface area contributed by atoms with Crippen molar-refractivity contribution < 1.29 is 4.74 Å². The Balaban J connectivity index is 2.22. The average Bonchev–Trinajstić information content (AvgIpc) is 2.25. The number of allylic oxidation sites excluding steroid dienone is 3. The summed E-state index contributed by atoms with van der Waals surface area (Å²) < 4.78 is 5.47. The Hall–Kier alpha value is -1.50. The lowest BCUT2D eigenvalue weighted by Crippen LogP contribution is -1.91. The van der Waals surface area contributed by atoms with Gasteiger partial charge in [0.05, 0.1) is 0 Å². The topological polar surface area (TPSA) is 9.23 Å². The molecule has 1 nitrogen and oxygen atoms in total. The zero-order chi connectivity index (χ0) is 10.1. The minimum Gasteiger partial charge on any atom is -0.490 e. The van der Waals surface area contributed by atoms with Gasteiger partial charge in [-0.25, -0.2) is 0 Å². The second-order valence-electron chi connectivity index (χ2n) is 2.89. The maximum absolute atomic E-state index is 5.47. The number of hydrogen-bond acceptors (Lipinski definition) is 1. The van der Waals surface area contributed by atoms with Crippen molar-refractivity contribution in [2.24, 2.45) is 0 Å². The van der Waals surface area contributed by atoms with E-state index in [1.165, 1.54) is 0 Å². The van der Waals surface area contributed by atoms with Crippen molar-refractivity contribution in [2.75, 3.05) is 6.61 Å². The van der Waals surface area contributed by atoms with Crippen LogP contribution in [0.3, 0.4) is 0 Å². The molecule has 0 aliphatic heterocycles. The first-order valence-corrected chi connectivity index (χ1v) is 4.93. The monoisotopic (exact) mass is 188 g/mol. The molecule has 0 aromatic heterocycles. The van der Waals surface area contributed by atoms with E-state index < -0.39 is 0 Å². The summed E-state index contributed by atoms with van der Waals surface area (Å²) in [5, 5.41) is 0. The molecule has 0 fully saturated rings. The lowest BCUT2D eigenvalue weighted by molar-refractivity contribution is 0.363. The molecular formula is C13H16O. The van der Waals surface area contributed by atoms with Gasteiger partial charge in [0.1, 0.15) is 12.4 Å². The molecule has 14 heavy (non-hydrogen) atoms. The van der Waals surface area contributed by atoms with Crippen LogP contribution in [-0.2, 0) is 0 Å². The second kappa shape index (κ2) is 6.96. The molecule has 0 saturated heterocycles. The maximum atomic E-state index is 5.47. The highest BCUT2D eigenvalue weighted by atomic mass is 16.5. The van der Waals surface area contributed by atoms with Gasteiger partial charge in [0.15, 0.2) is 0 Å². The lowest BCUT2D eigenvalue weighted by atomic mass is 10.3. The van der Waals surface area contributed by atoms with Crippen LogP contribution in [0.15, 0.2) is 54.6 Å². The van der Waals surface area contributed by atoms with Crippen LogP contribution in [0.1, 0.15) is 13.3 Å². The van der Waals surface area contributed by atoms with Gasteiger partial charge < -0.3 is 4.74 Å². The maximum Gasteiger partial charge on any atom is 0.119 e. The van der Waals surface area contributed by atoms with E-state index >= 15 is 0 Å². The molecule has 0 saturated carbocycles. The Kier molecular flexibility index (Phi) is 5.26. The average molecular weight is 188 g/mol. The SMILES string of the molecule is CCC=CC=CCOc1ccccc1. The summed E-state index contributed by atoms with van der Waals surface area (Å²) in [7, 11) is 0. The van der Waals surface area contributed by atoms with Gasteiger partial charge in [0, 0.05) is 0 Å². The zero-order valence-electron chi connectivity index (χ0n) is 8.52. The fraction of sp³-hybridized carbons (Fsp3) is 0.231. The molecule has 74 valence electrons. The molecule has 0 radical (unpaired) electrons. The van der Waals surface area contributed by atoms with Crippen LogP contribution in [-0.4, -0.2) is 6.61 Å². The summed E-state index contributed by atoms with van der Waals surface area (Å²) >= 11 is 0. The highest BCUT2D eigenvalue weighted by molar-refractivity contribution is 5.21. The minimum atomic E-state index is 0.623. The Morgan fingerprint density at radius 3 is 2.50 bits per heavy atom. The third kappa shape index (κ3) is 4.51. The zero-order valence-corrected chi connectivity index (χ0v) is 8.52. The van der Waals surface area contributed by atoms with Gasteiger partial charge in [0.2, 0.25) is 0 Å². The molecule has 0 amide bonds. The molecule has 0 atom stereocenters. The number of rotatable bonds is 5. The fourth-order valence-electron chi connectivity index (χ4n) is 1.01. The van der Waals surface area contributed by atoms with Crippen molar-refractivity contribution in [1.29, 1.82) is 0 Å². The molecule has 0 N–H and O–H groups in total. The van der Waals surface area contributed by atoms with Gasteiger partial charge in [-0.15, -0.1) is 0 Å². The van der Waals surface area contributed by atoms with E-state index in [4.69, 9.17) is 4.74 Å². The largest absolute Gasteiger partial charge is 0.490 e. The predicted octanol–water partition coefficient (Wildman–Crippen LogP) is 3.59. The van der Waals surface area contributed by atoms with Crippen molar-refractivity contribution >= 4 is 0 Å².